The van der Waals surface area contributed by atoms with Gasteiger partial charge in [0.15, 0.2) is 11.3 Å². The Bertz CT molecular complexity index is 398. The maximum atomic E-state index is 12.6. The number of hydrogen-bond acceptors (Lipinski definition) is 2. The summed E-state index contributed by atoms with van der Waals surface area (Å²) in [7, 11) is 0. The molecule has 0 radical (unpaired) electrons. The number of thiophene rings is 1. The zero-order valence-electron chi connectivity index (χ0n) is 5.45. The van der Waals surface area contributed by atoms with E-state index in [9.17, 15) is 9.60 Å². The minimum absolute atomic E-state index is 0.323. The lowest BCUT2D eigenvalue weighted by Crippen LogP contribution is -2.24. The van der Waals surface area contributed by atoms with Gasteiger partial charge in [-0.1, -0.05) is 0 Å². The molecule has 2 rings (SSSR count). The molecule has 0 amide bonds. The van der Waals surface area contributed by atoms with Crippen molar-refractivity contribution < 1.29 is 9.12 Å². The number of hydrogen-bond donors (Lipinski definition) is 0. The molecule has 0 aliphatic rings. The highest BCUT2D eigenvalue weighted by atomic mass is 32.1. The summed E-state index contributed by atoms with van der Waals surface area (Å²) in [6, 6.07) is 4.67. The lowest BCUT2D eigenvalue weighted by molar-refractivity contribution is -0.574. The van der Waals surface area contributed by atoms with Gasteiger partial charge in [-0.15, -0.1) is 0 Å². The molecule has 2 aromatic rings. The van der Waals surface area contributed by atoms with Gasteiger partial charge in [-0.25, -0.2) is 0 Å². The summed E-state index contributed by atoms with van der Waals surface area (Å²) >= 11 is 0.863. The molecule has 0 saturated carbocycles. The van der Waals surface area contributed by atoms with E-state index in [1.807, 2.05) is 0 Å². The van der Waals surface area contributed by atoms with Crippen molar-refractivity contribution in [2.24, 2.45) is 0 Å². The van der Waals surface area contributed by atoms with Gasteiger partial charge in [-0.3, -0.25) is 0 Å². The van der Waals surface area contributed by atoms with Crippen LogP contribution in [0.25, 0.3) is 10.2 Å². The van der Waals surface area contributed by atoms with Crippen molar-refractivity contribution in [2.75, 3.05) is 0 Å². The van der Waals surface area contributed by atoms with Crippen molar-refractivity contribution in [3.8, 4) is 0 Å². The summed E-state index contributed by atoms with van der Waals surface area (Å²) < 4.78 is 13.2. The van der Waals surface area contributed by atoms with Gasteiger partial charge >= 0.3 is 0 Å². The molecule has 0 atom stereocenters. The fraction of sp³-hybridized carbons (Fsp3) is 0. The van der Waals surface area contributed by atoms with Crippen molar-refractivity contribution in [3.63, 3.8) is 0 Å². The molecule has 2 nitrogen and oxygen atoms in total. The first kappa shape index (κ1) is 6.54. The second kappa shape index (κ2) is 2.17. The molecular formula is C7H4FNOS. The third-order valence-corrected chi connectivity index (χ3v) is 2.33. The molecule has 0 saturated heterocycles. The van der Waals surface area contributed by atoms with Crippen LogP contribution in [0.15, 0.2) is 24.4 Å². The maximum absolute atomic E-state index is 12.6. The van der Waals surface area contributed by atoms with Crippen molar-refractivity contribution in [1.82, 2.24) is 0 Å². The molecule has 0 aromatic carbocycles. The summed E-state index contributed by atoms with van der Waals surface area (Å²) in [6.45, 7) is 0. The third-order valence-electron chi connectivity index (χ3n) is 1.41. The summed E-state index contributed by atoms with van der Waals surface area (Å²) in [5.74, 6) is 0. The highest BCUT2D eigenvalue weighted by molar-refractivity contribution is 7.16. The fourth-order valence-electron chi connectivity index (χ4n) is 0.949. The van der Waals surface area contributed by atoms with E-state index in [1.54, 1.807) is 12.1 Å². The largest absolute Gasteiger partial charge is 0.618 e. The average Bonchev–Trinajstić information content (AvgIpc) is 2.31. The van der Waals surface area contributed by atoms with Crippen LogP contribution < -0.4 is 4.73 Å². The van der Waals surface area contributed by atoms with Gasteiger partial charge in [0, 0.05) is 6.07 Å². The number of aromatic nitrogens is 1. The minimum atomic E-state index is -0.323. The molecule has 0 N–H and O–H groups in total. The normalized spacial score (nSPS) is 10.6. The predicted molar refractivity (Wildman–Crippen MR) is 40.7 cm³/mol. The molecule has 11 heavy (non-hydrogen) atoms. The molecule has 2 aromatic heterocycles. The average molecular weight is 169 g/mol. The monoisotopic (exact) mass is 169 g/mol. The Labute approximate surface area is 66.1 Å². The topological polar surface area (TPSA) is 26.9 Å². The van der Waals surface area contributed by atoms with Gasteiger partial charge in [-0.05, 0) is 23.5 Å². The van der Waals surface area contributed by atoms with Crippen LogP contribution >= 0.6 is 11.3 Å². The highest BCUT2D eigenvalue weighted by Gasteiger charge is 2.07. The highest BCUT2D eigenvalue weighted by Crippen LogP contribution is 2.19. The molecular weight excluding hydrogens is 165 g/mol. The van der Waals surface area contributed by atoms with Gasteiger partial charge < -0.3 is 5.21 Å². The summed E-state index contributed by atoms with van der Waals surface area (Å²) in [6.07, 6.45) is 1.36. The zero-order valence-corrected chi connectivity index (χ0v) is 6.27. The molecule has 4 heteroatoms. The van der Waals surface area contributed by atoms with Crippen molar-refractivity contribution >= 4 is 21.6 Å². The second-order valence-corrected chi connectivity index (χ2v) is 3.13. The van der Waals surface area contributed by atoms with Crippen molar-refractivity contribution in [2.45, 2.75) is 0 Å². The number of halogens is 1. The molecule has 56 valence electrons. The fourth-order valence-corrected chi connectivity index (χ4v) is 1.72. The molecule has 0 spiro atoms. The predicted octanol–water partition coefficient (Wildman–Crippen LogP) is 1.67. The zero-order chi connectivity index (χ0) is 7.84. The van der Waals surface area contributed by atoms with E-state index >= 15 is 0 Å². The number of pyridine rings is 1. The van der Waals surface area contributed by atoms with E-state index in [2.05, 4.69) is 0 Å². The first-order valence-electron chi connectivity index (χ1n) is 3.04. The second-order valence-electron chi connectivity index (χ2n) is 2.14. The van der Waals surface area contributed by atoms with E-state index < -0.39 is 0 Å². The molecule has 2 heterocycles. The van der Waals surface area contributed by atoms with E-state index in [0.717, 1.165) is 11.3 Å². The summed E-state index contributed by atoms with van der Waals surface area (Å²) in [4.78, 5) is 0.421. The van der Waals surface area contributed by atoms with E-state index in [4.69, 9.17) is 0 Å². The molecule has 0 unspecified atom stereocenters. The lowest BCUT2D eigenvalue weighted by atomic mass is 10.3. The van der Waals surface area contributed by atoms with Gasteiger partial charge in [0.2, 0.25) is 0 Å². The molecule has 0 bridgehead atoms. The Hall–Kier alpha value is -1.16. The van der Waals surface area contributed by atoms with Crippen LogP contribution in [-0.4, -0.2) is 0 Å². The van der Waals surface area contributed by atoms with Crippen LogP contribution in [0.3, 0.4) is 0 Å². The Morgan fingerprint density at radius 3 is 3.09 bits per heavy atom. The first-order chi connectivity index (χ1) is 5.27. The number of fused-ring (bicyclic) bond motifs is 1. The van der Waals surface area contributed by atoms with Crippen LogP contribution in [-0.2, 0) is 0 Å². The van der Waals surface area contributed by atoms with E-state index in [-0.39, 0.29) is 5.13 Å². The third kappa shape index (κ3) is 0.952. The maximum Gasteiger partial charge on any atom is 0.282 e. The summed E-state index contributed by atoms with van der Waals surface area (Å²) in [5.41, 5.74) is 0. The Balaban J connectivity index is 2.90. The van der Waals surface area contributed by atoms with Gasteiger partial charge in [0.1, 0.15) is 0 Å². The standard InChI is InChI=1S/C7H4FNOS/c8-6-4-5-2-1-3-9(10)7(5)11-6/h1-4H. The lowest BCUT2D eigenvalue weighted by Gasteiger charge is -1.93. The SMILES string of the molecule is [O-][n+]1cccc2cc(F)sc21. The molecule has 0 aliphatic carbocycles. The Morgan fingerprint density at radius 2 is 2.36 bits per heavy atom. The smallest absolute Gasteiger partial charge is 0.282 e. The van der Waals surface area contributed by atoms with Crippen molar-refractivity contribution in [1.29, 1.82) is 0 Å². The Morgan fingerprint density at radius 1 is 1.55 bits per heavy atom. The number of rotatable bonds is 0. The van der Waals surface area contributed by atoms with Crippen LogP contribution in [0, 0.1) is 10.3 Å². The van der Waals surface area contributed by atoms with Crippen molar-refractivity contribution in [3.05, 3.63) is 34.7 Å². The van der Waals surface area contributed by atoms with Gasteiger partial charge in [-0.2, -0.15) is 9.12 Å². The van der Waals surface area contributed by atoms with Crippen LogP contribution in [0.2, 0.25) is 0 Å². The minimum Gasteiger partial charge on any atom is -0.618 e. The van der Waals surface area contributed by atoms with Crippen LogP contribution in [0.4, 0.5) is 4.39 Å². The van der Waals surface area contributed by atoms with E-state index in [0.29, 0.717) is 14.9 Å². The number of nitrogens with zero attached hydrogens (tertiary/aromatic N) is 1. The molecule has 0 fully saturated rings. The van der Waals surface area contributed by atoms with Crippen LogP contribution in [0.1, 0.15) is 0 Å². The summed E-state index contributed by atoms with van der Waals surface area (Å²) in [5, 5.41) is 11.3. The van der Waals surface area contributed by atoms with Crippen LogP contribution in [0.5, 0.6) is 0 Å². The van der Waals surface area contributed by atoms with Gasteiger partial charge in [0.25, 0.3) is 4.83 Å². The first-order valence-corrected chi connectivity index (χ1v) is 3.86. The van der Waals surface area contributed by atoms with E-state index in [1.165, 1.54) is 12.3 Å². The van der Waals surface area contributed by atoms with Gasteiger partial charge in [0.05, 0.1) is 5.39 Å². The quantitative estimate of drug-likeness (QED) is 0.435. The molecule has 0 aliphatic heterocycles. The Kier molecular flexibility index (Phi) is 1.29.